The topological polar surface area (TPSA) is 24.9 Å². The van der Waals surface area contributed by atoms with Gasteiger partial charge in [0.25, 0.3) is 0 Å². The second-order valence-electron chi connectivity index (χ2n) is 6.85. The molecule has 1 aliphatic rings. The van der Waals surface area contributed by atoms with Crippen LogP contribution in [-0.2, 0) is 6.54 Å². The summed E-state index contributed by atoms with van der Waals surface area (Å²) in [6.45, 7) is 3.18. The van der Waals surface area contributed by atoms with Gasteiger partial charge in [-0.05, 0) is 29.3 Å². The SMILES string of the molecule is COc1ccc(C(N2CCN(Cc3ccccc3)CC2)C(F)(F)Cl)c(OC)c1. The Labute approximate surface area is 169 Å². The summed E-state index contributed by atoms with van der Waals surface area (Å²) in [5.74, 6) is 0.890. The maximum absolute atomic E-state index is 14.4. The van der Waals surface area contributed by atoms with Crippen LogP contribution in [0.1, 0.15) is 17.2 Å². The molecule has 1 unspecified atom stereocenters. The molecule has 0 spiro atoms. The molecule has 3 rings (SSSR count). The predicted molar refractivity (Wildman–Crippen MR) is 106 cm³/mol. The van der Waals surface area contributed by atoms with Crippen LogP contribution in [-0.4, -0.2) is 55.6 Å². The van der Waals surface area contributed by atoms with Gasteiger partial charge in [-0.25, -0.2) is 0 Å². The predicted octanol–water partition coefficient (Wildman–Crippen LogP) is 4.39. The van der Waals surface area contributed by atoms with Gasteiger partial charge in [-0.15, -0.1) is 0 Å². The Balaban J connectivity index is 1.75. The van der Waals surface area contributed by atoms with E-state index in [-0.39, 0.29) is 0 Å². The van der Waals surface area contributed by atoms with Crippen molar-refractivity contribution in [3.63, 3.8) is 0 Å². The third-order valence-electron chi connectivity index (χ3n) is 5.07. The number of hydrogen-bond acceptors (Lipinski definition) is 4. The molecule has 2 aromatic carbocycles. The Hall–Kier alpha value is -1.89. The van der Waals surface area contributed by atoms with Crippen LogP contribution < -0.4 is 9.47 Å². The second kappa shape index (κ2) is 9.07. The summed E-state index contributed by atoms with van der Waals surface area (Å²) < 4.78 is 39.4. The number of hydrogen-bond donors (Lipinski definition) is 0. The van der Waals surface area contributed by atoms with Crippen molar-refractivity contribution in [2.75, 3.05) is 40.4 Å². The molecule has 4 nitrogen and oxygen atoms in total. The number of ether oxygens (including phenoxy) is 2. The first-order chi connectivity index (χ1) is 13.4. The number of alkyl halides is 3. The van der Waals surface area contributed by atoms with Crippen LogP contribution in [0, 0.1) is 0 Å². The summed E-state index contributed by atoms with van der Waals surface area (Å²) >= 11 is 5.56. The smallest absolute Gasteiger partial charge is 0.341 e. The first-order valence-corrected chi connectivity index (χ1v) is 9.59. The van der Waals surface area contributed by atoms with Crippen molar-refractivity contribution in [2.24, 2.45) is 0 Å². The highest BCUT2D eigenvalue weighted by atomic mass is 35.5. The van der Waals surface area contributed by atoms with Gasteiger partial charge in [0, 0.05) is 44.4 Å². The van der Waals surface area contributed by atoms with E-state index < -0.39 is 11.4 Å². The Morgan fingerprint density at radius 3 is 2.25 bits per heavy atom. The van der Waals surface area contributed by atoms with Crippen LogP contribution in [0.25, 0.3) is 0 Å². The molecule has 0 amide bonds. The molecule has 152 valence electrons. The van der Waals surface area contributed by atoms with Crippen molar-refractivity contribution in [2.45, 2.75) is 18.0 Å². The van der Waals surface area contributed by atoms with Crippen molar-refractivity contribution in [1.82, 2.24) is 9.80 Å². The molecule has 1 saturated heterocycles. The number of nitrogens with zero attached hydrogens (tertiary/aromatic N) is 2. The van der Waals surface area contributed by atoms with Crippen LogP contribution in [0.15, 0.2) is 48.5 Å². The standard InChI is InChI=1S/C21H25ClF2N2O2/c1-27-17-8-9-18(19(14-17)28-2)20(21(22,23)24)26-12-10-25(11-13-26)15-16-6-4-3-5-7-16/h3-9,14,20H,10-13,15H2,1-2H3. The molecule has 1 heterocycles. The van der Waals surface area contributed by atoms with Gasteiger partial charge in [0.2, 0.25) is 0 Å². The molecule has 0 aromatic heterocycles. The molecule has 1 fully saturated rings. The lowest BCUT2D eigenvalue weighted by molar-refractivity contribution is -0.0331. The molecule has 0 bridgehead atoms. The molecule has 0 radical (unpaired) electrons. The van der Waals surface area contributed by atoms with E-state index in [1.54, 1.807) is 23.1 Å². The molecule has 0 aliphatic carbocycles. The number of rotatable bonds is 7. The van der Waals surface area contributed by atoms with Crippen molar-refractivity contribution >= 4 is 11.6 Å². The van der Waals surface area contributed by atoms with Crippen molar-refractivity contribution < 1.29 is 18.3 Å². The van der Waals surface area contributed by atoms with Crippen molar-refractivity contribution in [3.05, 3.63) is 59.7 Å². The molecule has 7 heteroatoms. The van der Waals surface area contributed by atoms with E-state index in [1.807, 2.05) is 18.2 Å². The average molecular weight is 411 g/mol. The van der Waals surface area contributed by atoms with Gasteiger partial charge in [0.05, 0.1) is 14.2 Å². The maximum atomic E-state index is 14.4. The Bertz CT molecular complexity index is 763. The molecule has 0 saturated carbocycles. The highest BCUT2D eigenvalue weighted by molar-refractivity contribution is 6.22. The zero-order chi connectivity index (χ0) is 20.1. The Kier molecular flexibility index (Phi) is 6.75. The van der Waals surface area contributed by atoms with E-state index in [9.17, 15) is 8.78 Å². The highest BCUT2D eigenvalue weighted by Crippen LogP contribution is 2.44. The minimum atomic E-state index is -3.43. The summed E-state index contributed by atoms with van der Waals surface area (Å²) in [4.78, 5) is 4.00. The molecule has 1 atom stereocenters. The number of benzene rings is 2. The van der Waals surface area contributed by atoms with Gasteiger partial charge < -0.3 is 9.47 Å². The number of halogens is 3. The van der Waals surface area contributed by atoms with Crippen LogP contribution in [0.4, 0.5) is 8.78 Å². The van der Waals surface area contributed by atoms with Gasteiger partial charge in [-0.1, -0.05) is 30.3 Å². The summed E-state index contributed by atoms with van der Waals surface area (Å²) in [7, 11) is 2.98. The van der Waals surface area contributed by atoms with Crippen molar-refractivity contribution in [3.8, 4) is 11.5 Å². The van der Waals surface area contributed by atoms with Gasteiger partial charge in [-0.3, -0.25) is 9.80 Å². The molecule has 1 aliphatic heterocycles. The van der Waals surface area contributed by atoms with Gasteiger partial charge in [-0.2, -0.15) is 8.78 Å². The van der Waals surface area contributed by atoms with Crippen molar-refractivity contribution in [1.29, 1.82) is 0 Å². The summed E-state index contributed by atoms with van der Waals surface area (Å²) in [6, 6.07) is 13.7. The fraction of sp³-hybridized carbons (Fsp3) is 0.429. The minimum Gasteiger partial charge on any atom is -0.497 e. The lowest BCUT2D eigenvalue weighted by Gasteiger charge is -2.41. The zero-order valence-electron chi connectivity index (χ0n) is 16.1. The summed E-state index contributed by atoms with van der Waals surface area (Å²) in [5.41, 5.74) is 1.58. The first kappa shape index (κ1) is 20.8. The van der Waals surface area contributed by atoms with E-state index in [4.69, 9.17) is 21.1 Å². The van der Waals surface area contributed by atoms with Gasteiger partial charge in [0.15, 0.2) is 0 Å². The second-order valence-corrected chi connectivity index (χ2v) is 7.35. The van der Waals surface area contributed by atoms with Crippen LogP contribution in [0.3, 0.4) is 0 Å². The van der Waals surface area contributed by atoms with Crippen LogP contribution in [0.2, 0.25) is 0 Å². The molecular weight excluding hydrogens is 386 g/mol. The monoisotopic (exact) mass is 410 g/mol. The van der Waals surface area contributed by atoms with E-state index in [2.05, 4.69) is 17.0 Å². The quantitative estimate of drug-likeness (QED) is 0.632. The lowest BCUT2D eigenvalue weighted by Crippen LogP contribution is -2.50. The maximum Gasteiger partial charge on any atom is 0.341 e. The van der Waals surface area contributed by atoms with Crippen LogP contribution >= 0.6 is 11.6 Å². The zero-order valence-corrected chi connectivity index (χ0v) is 16.8. The van der Waals surface area contributed by atoms with E-state index in [0.717, 1.165) is 6.54 Å². The molecular formula is C21H25ClF2N2O2. The minimum absolute atomic E-state index is 0.344. The third-order valence-corrected chi connectivity index (χ3v) is 5.27. The fourth-order valence-corrected chi connectivity index (χ4v) is 3.90. The summed E-state index contributed by atoms with van der Waals surface area (Å²) in [5, 5.41) is -3.43. The molecule has 2 aromatic rings. The fourth-order valence-electron chi connectivity index (χ4n) is 3.65. The number of piperazine rings is 1. The van der Waals surface area contributed by atoms with E-state index in [1.165, 1.54) is 19.8 Å². The Morgan fingerprint density at radius 2 is 1.68 bits per heavy atom. The van der Waals surface area contributed by atoms with E-state index in [0.29, 0.717) is 43.2 Å². The largest absolute Gasteiger partial charge is 0.497 e. The average Bonchev–Trinajstić information content (AvgIpc) is 2.69. The molecule has 28 heavy (non-hydrogen) atoms. The number of methoxy groups -OCH3 is 2. The third kappa shape index (κ3) is 4.93. The van der Waals surface area contributed by atoms with Gasteiger partial charge >= 0.3 is 5.38 Å². The Morgan fingerprint density at radius 1 is 1.00 bits per heavy atom. The first-order valence-electron chi connectivity index (χ1n) is 9.21. The van der Waals surface area contributed by atoms with Gasteiger partial charge in [0.1, 0.15) is 17.5 Å². The van der Waals surface area contributed by atoms with E-state index >= 15 is 0 Å². The highest BCUT2D eigenvalue weighted by Gasteiger charge is 2.44. The summed E-state index contributed by atoms with van der Waals surface area (Å²) in [6.07, 6.45) is 0. The van der Waals surface area contributed by atoms with Crippen LogP contribution in [0.5, 0.6) is 11.5 Å². The lowest BCUT2D eigenvalue weighted by atomic mass is 10.0. The normalized spacial score (nSPS) is 17.3. The molecule has 0 N–H and O–H groups in total.